The predicted octanol–water partition coefficient (Wildman–Crippen LogP) is 1.10. The minimum Gasteiger partial charge on any atom is -0.384 e. The number of carbonyl (C=O) groups is 1. The molecule has 0 aliphatic carbocycles. The van der Waals surface area contributed by atoms with E-state index in [1.54, 1.807) is 12.1 Å². The second-order valence-corrected chi connectivity index (χ2v) is 5.61. The monoisotopic (exact) mass is 286 g/mol. The van der Waals surface area contributed by atoms with Crippen molar-refractivity contribution >= 4 is 5.91 Å². The van der Waals surface area contributed by atoms with E-state index in [4.69, 9.17) is 5.11 Å². The van der Waals surface area contributed by atoms with Crippen LogP contribution in [0.3, 0.4) is 0 Å². The van der Waals surface area contributed by atoms with Gasteiger partial charge >= 0.3 is 0 Å². The fraction of sp³-hybridized carbons (Fsp3) is 0.471. The Bertz CT molecular complexity index is 559. The van der Waals surface area contributed by atoms with Crippen LogP contribution < -0.4 is 5.32 Å². The number of aliphatic hydroxyl groups excluding tert-OH is 1. The van der Waals surface area contributed by atoms with Gasteiger partial charge in [0.15, 0.2) is 0 Å². The first-order valence-electron chi connectivity index (χ1n) is 7.30. The van der Waals surface area contributed by atoms with Gasteiger partial charge in [-0.3, -0.25) is 4.79 Å². The van der Waals surface area contributed by atoms with E-state index in [9.17, 15) is 4.79 Å². The highest BCUT2D eigenvalue weighted by molar-refractivity contribution is 5.96. The van der Waals surface area contributed by atoms with E-state index in [0.717, 1.165) is 19.5 Å². The maximum atomic E-state index is 12.5. The highest BCUT2D eigenvalue weighted by Gasteiger charge is 2.26. The lowest BCUT2D eigenvalue weighted by Gasteiger charge is -2.35. The molecule has 0 aromatic heterocycles. The van der Waals surface area contributed by atoms with Crippen LogP contribution in [-0.4, -0.2) is 48.7 Å². The van der Waals surface area contributed by atoms with E-state index in [2.05, 4.69) is 36.0 Å². The highest BCUT2D eigenvalue weighted by atomic mass is 16.2. The van der Waals surface area contributed by atoms with Crippen molar-refractivity contribution in [3.63, 3.8) is 0 Å². The summed E-state index contributed by atoms with van der Waals surface area (Å²) in [5.74, 6) is 5.78. The second kappa shape index (κ2) is 7.26. The quantitative estimate of drug-likeness (QED) is 0.801. The van der Waals surface area contributed by atoms with Gasteiger partial charge < -0.3 is 15.3 Å². The maximum Gasteiger partial charge on any atom is 0.252 e. The number of amides is 1. The number of hydrogen-bond donors (Lipinski definition) is 2. The Kier molecular flexibility index (Phi) is 5.38. The average Bonchev–Trinajstić information content (AvgIpc) is 2.48. The van der Waals surface area contributed by atoms with Gasteiger partial charge in [-0.15, -0.1) is 0 Å². The lowest BCUT2D eigenvalue weighted by molar-refractivity contribution is 0.0883. The van der Waals surface area contributed by atoms with Crippen molar-refractivity contribution in [1.29, 1.82) is 0 Å². The molecule has 2 rings (SSSR count). The first kappa shape index (κ1) is 15.6. The molecule has 1 fully saturated rings. The van der Waals surface area contributed by atoms with Crippen molar-refractivity contribution in [2.24, 2.45) is 5.92 Å². The summed E-state index contributed by atoms with van der Waals surface area (Å²) >= 11 is 0. The van der Waals surface area contributed by atoms with Gasteiger partial charge in [0.05, 0.1) is 5.56 Å². The molecular weight excluding hydrogens is 264 g/mol. The number of benzene rings is 1. The van der Waals surface area contributed by atoms with Crippen molar-refractivity contribution in [2.45, 2.75) is 19.4 Å². The minimum absolute atomic E-state index is 0.0840. The van der Waals surface area contributed by atoms with Gasteiger partial charge in [0.25, 0.3) is 5.91 Å². The van der Waals surface area contributed by atoms with Crippen LogP contribution >= 0.6 is 0 Å². The van der Waals surface area contributed by atoms with Gasteiger partial charge in [-0.05, 0) is 38.1 Å². The van der Waals surface area contributed by atoms with Crippen LogP contribution in [0.4, 0.5) is 0 Å². The fourth-order valence-corrected chi connectivity index (χ4v) is 2.74. The van der Waals surface area contributed by atoms with E-state index in [-0.39, 0.29) is 18.6 Å². The first-order valence-corrected chi connectivity index (χ1v) is 7.30. The molecule has 1 aliphatic heterocycles. The van der Waals surface area contributed by atoms with Gasteiger partial charge in [-0.1, -0.05) is 30.9 Å². The van der Waals surface area contributed by atoms with Gasteiger partial charge in [0, 0.05) is 18.2 Å². The number of nitrogens with one attached hydrogen (secondary N) is 1. The Morgan fingerprint density at radius 2 is 2.24 bits per heavy atom. The lowest BCUT2D eigenvalue weighted by Crippen LogP contribution is -2.49. The predicted molar refractivity (Wildman–Crippen MR) is 82.9 cm³/mol. The molecule has 4 nitrogen and oxygen atoms in total. The van der Waals surface area contributed by atoms with Gasteiger partial charge in [-0.2, -0.15) is 0 Å². The smallest absolute Gasteiger partial charge is 0.252 e. The Balaban J connectivity index is 2.10. The summed E-state index contributed by atoms with van der Waals surface area (Å²) in [6.07, 6.45) is 0.966. The number of rotatable bonds is 2. The number of hydrogen-bond acceptors (Lipinski definition) is 3. The molecule has 1 aromatic carbocycles. The van der Waals surface area contributed by atoms with Crippen molar-refractivity contribution in [3.05, 3.63) is 35.4 Å². The number of likely N-dealkylation sites (tertiary alicyclic amines) is 1. The molecule has 1 amide bonds. The number of aliphatic hydroxyl groups is 1. The highest BCUT2D eigenvalue weighted by Crippen LogP contribution is 2.16. The maximum absolute atomic E-state index is 12.5. The van der Waals surface area contributed by atoms with E-state index < -0.39 is 0 Å². The normalized spacial score (nSPS) is 22.2. The summed E-state index contributed by atoms with van der Waals surface area (Å²) in [4.78, 5) is 14.8. The third-order valence-electron chi connectivity index (χ3n) is 3.90. The number of piperidine rings is 1. The molecule has 1 saturated heterocycles. The molecule has 1 aliphatic rings. The van der Waals surface area contributed by atoms with E-state index in [1.165, 1.54) is 0 Å². The zero-order valence-corrected chi connectivity index (χ0v) is 12.6. The molecule has 21 heavy (non-hydrogen) atoms. The molecular formula is C17H22N2O2. The molecule has 112 valence electrons. The minimum atomic E-state index is -0.206. The summed E-state index contributed by atoms with van der Waals surface area (Å²) in [6.45, 7) is 3.96. The topological polar surface area (TPSA) is 52.6 Å². The zero-order chi connectivity index (χ0) is 15.2. The first-order chi connectivity index (χ1) is 10.1. The molecule has 1 heterocycles. The van der Waals surface area contributed by atoms with Gasteiger partial charge in [0.1, 0.15) is 6.61 Å². The van der Waals surface area contributed by atoms with E-state index >= 15 is 0 Å². The number of carbonyl (C=O) groups excluding carboxylic acids is 1. The molecule has 0 bridgehead atoms. The standard InChI is InChI=1S/C17H22N2O2/c1-13-12-19(2)10-9-16(13)18-17(21)15-8-4-3-6-14(15)7-5-11-20/h3-4,6,8,13,16,20H,9-12H2,1-2H3,(H,18,21). The van der Waals surface area contributed by atoms with Crippen LogP contribution in [0, 0.1) is 17.8 Å². The fourth-order valence-electron chi connectivity index (χ4n) is 2.74. The molecule has 0 radical (unpaired) electrons. The Morgan fingerprint density at radius 1 is 1.48 bits per heavy atom. The number of nitrogens with zero attached hydrogens (tertiary/aromatic N) is 1. The average molecular weight is 286 g/mol. The summed E-state index contributed by atoms with van der Waals surface area (Å²) in [6, 6.07) is 7.45. The third kappa shape index (κ3) is 4.07. The second-order valence-electron chi connectivity index (χ2n) is 5.61. The van der Waals surface area contributed by atoms with Crippen LogP contribution in [0.2, 0.25) is 0 Å². The van der Waals surface area contributed by atoms with Gasteiger partial charge in [0.2, 0.25) is 0 Å². The van der Waals surface area contributed by atoms with Crippen molar-refractivity contribution in [3.8, 4) is 11.8 Å². The Labute approximate surface area is 126 Å². The molecule has 4 heteroatoms. The van der Waals surface area contributed by atoms with Crippen molar-refractivity contribution in [2.75, 3.05) is 26.7 Å². The van der Waals surface area contributed by atoms with E-state index in [1.807, 2.05) is 12.1 Å². The van der Waals surface area contributed by atoms with Crippen LogP contribution in [0.5, 0.6) is 0 Å². The Morgan fingerprint density at radius 3 is 2.95 bits per heavy atom. The summed E-state index contributed by atoms with van der Waals surface area (Å²) in [5.41, 5.74) is 1.23. The SMILES string of the molecule is CC1CN(C)CCC1NC(=O)c1ccccc1C#CCO. The molecule has 2 atom stereocenters. The van der Waals surface area contributed by atoms with Crippen LogP contribution in [0.1, 0.15) is 29.3 Å². The van der Waals surface area contributed by atoms with Crippen LogP contribution in [0.25, 0.3) is 0 Å². The largest absolute Gasteiger partial charge is 0.384 e. The van der Waals surface area contributed by atoms with Crippen molar-refractivity contribution < 1.29 is 9.90 Å². The van der Waals surface area contributed by atoms with Crippen LogP contribution in [-0.2, 0) is 0 Å². The van der Waals surface area contributed by atoms with E-state index in [0.29, 0.717) is 17.0 Å². The molecule has 2 unspecified atom stereocenters. The third-order valence-corrected chi connectivity index (χ3v) is 3.90. The van der Waals surface area contributed by atoms with Crippen molar-refractivity contribution in [1.82, 2.24) is 10.2 Å². The summed E-state index contributed by atoms with van der Waals surface area (Å²) in [5, 5.41) is 11.9. The molecule has 1 aromatic rings. The van der Waals surface area contributed by atoms with Crippen LogP contribution in [0.15, 0.2) is 24.3 Å². The Hall–Kier alpha value is -1.83. The summed E-state index contributed by atoms with van der Waals surface area (Å²) < 4.78 is 0. The molecule has 2 N–H and O–H groups in total. The lowest BCUT2D eigenvalue weighted by atomic mass is 9.93. The van der Waals surface area contributed by atoms with Gasteiger partial charge in [-0.25, -0.2) is 0 Å². The molecule has 0 saturated carbocycles. The molecule has 0 spiro atoms. The zero-order valence-electron chi connectivity index (χ0n) is 12.6. The summed E-state index contributed by atoms with van der Waals surface area (Å²) in [7, 11) is 2.11.